The minimum Gasteiger partial charge on any atom is -0.356 e. The molecule has 0 atom stereocenters. The van der Waals surface area contributed by atoms with E-state index in [4.69, 9.17) is 4.98 Å². The molecule has 0 spiro atoms. The van der Waals surface area contributed by atoms with Gasteiger partial charge in [0.05, 0.1) is 5.69 Å². The molecule has 4 heterocycles. The minimum atomic E-state index is -0.398. The van der Waals surface area contributed by atoms with Gasteiger partial charge in [0.25, 0.3) is 11.8 Å². The molecule has 0 aliphatic carbocycles. The van der Waals surface area contributed by atoms with Crippen molar-refractivity contribution in [1.29, 1.82) is 0 Å². The number of amides is 2. The molecule has 0 unspecified atom stereocenters. The molecule has 0 radical (unpaired) electrons. The molecular weight excluding hydrogens is 555 g/mol. The summed E-state index contributed by atoms with van der Waals surface area (Å²) in [4.78, 5) is 39.1. The maximum atomic E-state index is 14.4. The lowest BCUT2D eigenvalue weighted by Crippen LogP contribution is -2.45. The fourth-order valence-corrected chi connectivity index (χ4v) is 5.96. The van der Waals surface area contributed by atoms with Gasteiger partial charge in [0, 0.05) is 73.9 Å². The zero-order valence-corrected chi connectivity index (χ0v) is 24.7. The molecule has 226 valence electrons. The number of piperidine rings is 2. The van der Waals surface area contributed by atoms with Gasteiger partial charge >= 0.3 is 0 Å². The summed E-state index contributed by atoms with van der Waals surface area (Å²) in [5, 5.41) is 6.30. The molecule has 2 aromatic carbocycles. The maximum absolute atomic E-state index is 14.4. The summed E-state index contributed by atoms with van der Waals surface area (Å²) in [7, 11) is 0. The summed E-state index contributed by atoms with van der Waals surface area (Å²) >= 11 is 0. The number of carbonyl (C=O) groups excluding carboxylic acids is 2. The van der Waals surface area contributed by atoms with Gasteiger partial charge in [-0.05, 0) is 79.8 Å². The van der Waals surface area contributed by atoms with E-state index >= 15 is 0 Å². The van der Waals surface area contributed by atoms with Crippen LogP contribution in [0.5, 0.6) is 0 Å². The molecule has 2 N–H and O–H groups in total. The smallest absolute Gasteiger partial charge is 0.251 e. The van der Waals surface area contributed by atoms with E-state index in [0.717, 1.165) is 69.8 Å². The number of hydrogen-bond acceptors (Lipinski definition) is 6. The van der Waals surface area contributed by atoms with Crippen LogP contribution in [0.4, 0.5) is 10.2 Å². The maximum Gasteiger partial charge on any atom is 0.251 e. The Hall–Kier alpha value is -4.63. The SMILES string of the molecule is O=C(NC1CCN(Cc2ccc(N3CCC(NC(=O)c4ccccc4)CC3)nc2)CC1)c1ccc(F)c(-c2ccccn2)c1. The average Bonchev–Trinajstić information content (AvgIpc) is 3.07. The number of nitrogens with one attached hydrogen (secondary N) is 2. The molecule has 44 heavy (non-hydrogen) atoms. The van der Waals surface area contributed by atoms with Crippen molar-refractivity contribution in [2.24, 2.45) is 0 Å². The minimum absolute atomic E-state index is 0.0129. The lowest BCUT2D eigenvalue weighted by atomic mass is 10.0. The van der Waals surface area contributed by atoms with Gasteiger partial charge < -0.3 is 15.5 Å². The monoisotopic (exact) mass is 592 g/mol. The quantitative estimate of drug-likeness (QED) is 0.297. The van der Waals surface area contributed by atoms with Crippen molar-refractivity contribution in [2.75, 3.05) is 31.1 Å². The molecule has 2 aliphatic heterocycles. The highest BCUT2D eigenvalue weighted by atomic mass is 19.1. The number of rotatable bonds is 8. The van der Waals surface area contributed by atoms with Crippen molar-refractivity contribution in [2.45, 2.75) is 44.3 Å². The molecule has 9 heteroatoms. The van der Waals surface area contributed by atoms with Crippen LogP contribution in [0, 0.1) is 5.82 Å². The zero-order valence-electron chi connectivity index (χ0n) is 24.7. The average molecular weight is 593 g/mol. The van der Waals surface area contributed by atoms with Gasteiger partial charge in [0.1, 0.15) is 11.6 Å². The number of benzene rings is 2. The molecule has 2 fully saturated rings. The largest absolute Gasteiger partial charge is 0.356 e. The van der Waals surface area contributed by atoms with Crippen LogP contribution < -0.4 is 15.5 Å². The molecule has 2 aliphatic rings. The first-order chi connectivity index (χ1) is 21.5. The highest BCUT2D eigenvalue weighted by Gasteiger charge is 2.24. The summed E-state index contributed by atoms with van der Waals surface area (Å²) in [5.74, 6) is 0.365. The second-order valence-electron chi connectivity index (χ2n) is 11.6. The lowest BCUT2D eigenvalue weighted by molar-refractivity contribution is 0.0906. The van der Waals surface area contributed by atoms with Crippen molar-refractivity contribution in [3.8, 4) is 11.3 Å². The van der Waals surface area contributed by atoms with Gasteiger partial charge in [-0.15, -0.1) is 0 Å². The third-order valence-electron chi connectivity index (χ3n) is 8.50. The first kappa shape index (κ1) is 29.4. The van der Waals surface area contributed by atoms with Gasteiger partial charge in [-0.3, -0.25) is 19.5 Å². The number of hydrogen-bond donors (Lipinski definition) is 2. The predicted octanol–water partition coefficient (Wildman–Crippen LogP) is 5.08. The van der Waals surface area contributed by atoms with Crippen LogP contribution in [0.15, 0.2) is 91.3 Å². The van der Waals surface area contributed by atoms with Crippen molar-refractivity contribution >= 4 is 17.6 Å². The molecule has 2 aromatic heterocycles. The summed E-state index contributed by atoms with van der Waals surface area (Å²) in [5.41, 5.74) is 3.12. The van der Waals surface area contributed by atoms with Crippen LogP contribution >= 0.6 is 0 Å². The molecule has 0 saturated carbocycles. The van der Waals surface area contributed by atoms with Crippen LogP contribution in [0.3, 0.4) is 0 Å². The normalized spacial score (nSPS) is 16.4. The molecular formula is C35H37FN6O2. The third kappa shape index (κ3) is 7.29. The lowest BCUT2D eigenvalue weighted by Gasteiger charge is -2.34. The number of pyridine rings is 2. The third-order valence-corrected chi connectivity index (χ3v) is 8.50. The van der Waals surface area contributed by atoms with Crippen molar-refractivity contribution in [3.63, 3.8) is 0 Å². The fourth-order valence-electron chi connectivity index (χ4n) is 5.96. The fraction of sp³-hybridized carbons (Fsp3) is 0.314. The van der Waals surface area contributed by atoms with E-state index in [1.807, 2.05) is 36.5 Å². The molecule has 0 bridgehead atoms. The van der Waals surface area contributed by atoms with Crippen LogP contribution in [0.2, 0.25) is 0 Å². The first-order valence-corrected chi connectivity index (χ1v) is 15.3. The van der Waals surface area contributed by atoms with E-state index in [2.05, 4.69) is 37.6 Å². The van der Waals surface area contributed by atoms with Gasteiger partial charge in [0.15, 0.2) is 0 Å². The molecule has 4 aromatic rings. The van der Waals surface area contributed by atoms with Crippen LogP contribution in [-0.2, 0) is 6.54 Å². The van der Waals surface area contributed by atoms with Gasteiger partial charge in [-0.1, -0.05) is 30.3 Å². The van der Waals surface area contributed by atoms with Crippen LogP contribution in [-0.4, -0.2) is 64.9 Å². The van der Waals surface area contributed by atoms with Crippen LogP contribution in [0.25, 0.3) is 11.3 Å². The van der Waals surface area contributed by atoms with E-state index in [1.165, 1.54) is 12.1 Å². The van der Waals surface area contributed by atoms with Gasteiger partial charge in [-0.25, -0.2) is 9.37 Å². The van der Waals surface area contributed by atoms with E-state index < -0.39 is 5.82 Å². The Labute approximate surface area is 257 Å². The zero-order chi connectivity index (χ0) is 30.3. The van der Waals surface area contributed by atoms with Crippen LogP contribution in [0.1, 0.15) is 52.0 Å². The molecule has 6 rings (SSSR count). The Morgan fingerprint density at radius 2 is 1.43 bits per heavy atom. The van der Waals surface area contributed by atoms with E-state index in [-0.39, 0.29) is 23.9 Å². The Morgan fingerprint density at radius 3 is 2.09 bits per heavy atom. The second kappa shape index (κ2) is 13.8. The molecule has 8 nitrogen and oxygen atoms in total. The second-order valence-corrected chi connectivity index (χ2v) is 11.6. The van der Waals surface area contributed by atoms with Gasteiger partial charge in [0.2, 0.25) is 0 Å². The molecule has 2 amide bonds. The Kier molecular flexibility index (Phi) is 9.22. The van der Waals surface area contributed by atoms with Crippen molar-refractivity contribution < 1.29 is 14.0 Å². The number of aromatic nitrogens is 2. The number of likely N-dealkylation sites (tertiary alicyclic amines) is 1. The van der Waals surface area contributed by atoms with E-state index in [9.17, 15) is 14.0 Å². The Bertz CT molecular complexity index is 1550. The van der Waals surface area contributed by atoms with E-state index in [1.54, 1.807) is 30.5 Å². The predicted molar refractivity (Wildman–Crippen MR) is 169 cm³/mol. The number of anilines is 1. The van der Waals surface area contributed by atoms with Crippen molar-refractivity contribution in [1.82, 2.24) is 25.5 Å². The number of halogens is 1. The summed E-state index contributed by atoms with van der Waals surface area (Å²) in [6, 6.07) is 23.6. The Morgan fingerprint density at radius 1 is 0.750 bits per heavy atom. The summed E-state index contributed by atoms with van der Waals surface area (Å²) in [6.07, 6.45) is 7.04. The topological polar surface area (TPSA) is 90.5 Å². The van der Waals surface area contributed by atoms with E-state index in [0.29, 0.717) is 22.4 Å². The highest BCUT2D eigenvalue weighted by Crippen LogP contribution is 2.23. The number of carbonyl (C=O) groups is 2. The summed E-state index contributed by atoms with van der Waals surface area (Å²) in [6.45, 7) is 4.27. The first-order valence-electron chi connectivity index (χ1n) is 15.3. The number of nitrogens with zero attached hydrogens (tertiary/aromatic N) is 4. The molecule has 2 saturated heterocycles. The van der Waals surface area contributed by atoms with Crippen molar-refractivity contribution in [3.05, 3.63) is 114 Å². The van der Waals surface area contributed by atoms with Gasteiger partial charge in [-0.2, -0.15) is 0 Å². The highest BCUT2D eigenvalue weighted by molar-refractivity contribution is 5.95. The Balaban J connectivity index is 0.941. The standard InChI is InChI=1S/C35H37FN6O2/c36-31-11-10-27(22-30(31)32-8-4-5-17-37-32)35(44)40-28-13-18-41(19-14-28)24-25-9-12-33(38-23-25)42-20-15-29(16-21-42)39-34(43)26-6-2-1-3-7-26/h1-12,17,22-23,28-29H,13-16,18-21,24H2,(H,39,43)(H,40,44). The summed E-state index contributed by atoms with van der Waals surface area (Å²) < 4.78 is 14.4.